The molecule has 4 heteroatoms. The summed E-state index contributed by atoms with van der Waals surface area (Å²) in [4.78, 5) is 1.74. The van der Waals surface area contributed by atoms with E-state index in [1.54, 1.807) is 11.9 Å². The number of likely N-dealkylation sites (tertiary alicyclic amines) is 1. The molecule has 0 aromatic rings. The van der Waals surface area contributed by atoms with Crippen LogP contribution in [0.2, 0.25) is 0 Å². The van der Waals surface area contributed by atoms with Crippen molar-refractivity contribution >= 4 is 0 Å². The van der Waals surface area contributed by atoms with Crippen LogP contribution in [0.5, 0.6) is 0 Å². The summed E-state index contributed by atoms with van der Waals surface area (Å²) < 4.78 is 24.3. The van der Waals surface area contributed by atoms with E-state index in [9.17, 15) is 8.78 Å². The molecule has 1 aliphatic heterocycles. The average Bonchev–Trinajstić information content (AvgIpc) is 1.85. The first kappa shape index (κ1) is 8.87. The standard InChI is InChI=1S/C7H13F2NO/c1-10-3-5(7(8)9)2-6(11)4-10/h5-7,11H,2-4H2,1H3. The zero-order chi connectivity index (χ0) is 8.43. The van der Waals surface area contributed by atoms with E-state index >= 15 is 0 Å². The molecule has 11 heavy (non-hydrogen) atoms. The molecule has 1 fully saturated rings. The Morgan fingerprint density at radius 1 is 1.45 bits per heavy atom. The molecule has 0 aromatic heterocycles. The topological polar surface area (TPSA) is 23.5 Å². The predicted octanol–water partition coefficient (Wildman–Crippen LogP) is 0.564. The van der Waals surface area contributed by atoms with Gasteiger partial charge in [-0.25, -0.2) is 8.78 Å². The van der Waals surface area contributed by atoms with Gasteiger partial charge in [-0.1, -0.05) is 0 Å². The van der Waals surface area contributed by atoms with Gasteiger partial charge < -0.3 is 10.0 Å². The van der Waals surface area contributed by atoms with Gasteiger partial charge in [-0.15, -0.1) is 0 Å². The Morgan fingerprint density at radius 2 is 2.09 bits per heavy atom. The van der Waals surface area contributed by atoms with E-state index in [0.29, 0.717) is 13.1 Å². The van der Waals surface area contributed by atoms with E-state index < -0.39 is 18.4 Å². The number of hydrogen-bond acceptors (Lipinski definition) is 2. The summed E-state index contributed by atoms with van der Waals surface area (Å²) in [5.74, 6) is -0.649. The maximum atomic E-state index is 12.1. The van der Waals surface area contributed by atoms with Crippen molar-refractivity contribution in [3.8, 4) is 0 Å². The molecule has 2 nitrogen and oxygen atoms in total. The third kappa shape index (κ3) is 2.38. The van der Waals surface area contributed by atoms with Crippen molar-refractivity contribution in [2.45, 2.75) is 19.0 Å². The summed E-state index contributed by atoms with van der Waals surface area (Å²) in [7, 11) is 1.75. The van der Waals surface area contributed by atoms with Crippen LogP contribution >= 0.6 is 0 Å². The number of aliphatic hydroxyl groups is 1. The molecule has 0 bridgehead atoms. The van der Waals surface area contributed by atoms with Crippen molar-refractivity contribution in [1.82, 2.24) is 4.90 Å². The van der Waals surface area contributed by atoms with Crippen LogP contribution in [0.25, 0.3) is 0 Å². The number of piperidine rings is 1. The lowest BCUT2D eigenvalue weighted by molar-refractivity contribution is -0.0176. The van der Waals surface area contributed by atoms with Crippen LogP contribution in [0.4, 0.5) is 8.78 Å². The Labute approximate surface area is 64.8 Å². The molecular formula is C7H13F2NO. The number of halogens is 2. The van der Waals surface area contributed by atoms with Gasteiger partial charge in [0.15, 0.2) is 0 Å². The zero-order valence-corrected chi connectivity index (χ0v) is 6.50. The van der Waals surface area contributed by atoms with Crippen molar-refractivity contribution in [2.75, 3.05) is 20.1 Å². The SMILES string of the molecule is CN1CC(O)CC(C(F)F)C1. The van der Waals surface area contributed by atoms with Crippen LogP contribution in [0.15, 0.2) is 0 Å². The minimum absolute atomic E-state index is 0.238. The number of β-amino-alcohol motifs (C(OH)–C–C–N with tert-alkyl or cyclic N) is 1. The molecule has 0 radical (unpaired) electrons. The van der Waals surface area contributed by atoms with Crippen molar-refractivity contribution in [2.24, 2.45) is 5.92 Å². The van der Waals surface area contributed by atoms with Crippen molar-refractivity contribution < 1.29 is 13.9 Å². The maximum Gasteiger partial charge on any atom is 0.242 e. The predicted molar refractivity (Wildman–Crippen MR) is 37.6 cm³/mol. The van der Waals surface area contributed by atoms with E-state index in [1.165, 1.54) is 0 Å². The first-order chi connectivity index (χ1) is 5.09. The fourth-order valence-corrected chi connectivity index (χ4v) is 1.52. The number of hydrogen-bond donors (Lipinski definition) is 1. The van der Waals surface area contributed by atoms with Gasteiger partial charge >= 0.3 is 0 Å². The summed E-state index contributed by atoms with van der Waals surface area (Å²) in [5.41, 5.74) is 0. The average molecular weight is 165 g/mol. The molecule has 1 N–H and O–H groups in total. The minimum Gasteiger partial charge on any atom is -0.392 e. The summed E-state index contributed by atoms with van der Waals surface area (Å²) in [6.07, 6.45) is -2.64. The molecule has 1 saturated heterocycles. The summed E-state index contributed by atoms with van der Waals surface area (Å²) >= 11 is 0. The van der Waals surface area contributed by atoms with Gasteiger partial charge in [-0.05, 0) is 13.5 Å². The normalized spacial score (nSPS) is 34.6. The first-order valence-electron chi connectivity index (χ1n) is 3.74. The third-order valence-electron chi connectivity index (χ3n) is 2.00. The van der Waals surface area contributed by atoms with Crippen LogP contribution < -0.4 is 0 Å². The van der Waals surface area contributed by atoms with E-state index in [0.717, 1.165) is 0 Å². The maximum absolute atomic E-state index is 12.1. The van der Waals surface area contributed by atoms with Gasteiger partial charge in [0, 0.05) is 19.0 Å². The van der Waals surface area contributed by atoms with Crippen molar-refractivity contribution in [3.05, 3.63) is 0 Å². The van der Waals surface area contributed by atoms with Crippen LogP contribution in [0, 0.1) is 5.92 Å². The molecule has 0 spiro atoms. The zero-order valence-electron chi connectivity index (χ0n) is 6.50. The monoisotopic (exact) mass is 165 g/mol. The van der Waals surface area contributed by atoms with Crippen LogP contribution in [-0.2, 0) is 0 Å². The summed E-state index contributed by atoms with van der Waals surface area (Å²) in [5, 5.41) is 9.12. The molecule has 0 aliphatic carbocycles. The molecule has 2 unspecified atom stereocenters. The summed E-state index contributed by atoms with van der Waals surface area (Å²) in [6, 6.07) is 0. The van der Waals surface area contributed by atoms with Crippen LogP contribution in [0.1, 0.15) is 6.42 Å². The molecule has 1 aliphatic rings. The van der Waals surface area contributed by atoms with Gasteiger partial charge in [0.2, 0.25) is 6.43 Å². The Hall–Kier alpha value is -0.220. The molecule has 1 rings (SSSR count). The fraction of sp³-hybridized carbons (Fsp3) is 1.00. The third-order valence-corrected chi connectivity index (χ3v) is 2.00. The van der Waals surface area contributed by atoms with E-state index in [4.69, 9.17) is 5.11 Å². The molecule has 66 valence electrons. The van der Waals surface area contributed by atoms with Gasteiger partial charge in [-0.2, -0.15) is 0 Å². The highest BCUT2D eigenvalue weighted by molar-refractivity contribution is 4.77. The molecular weight excluding hydrogens is 152 g/mol. The number of nitrogens with zero attached hydrogens (tertiary/aromatic N) is 1. The smallest absolute Gasteiger partial charge is 0.242 e. The lowest BCUT2D eigenvalue weighted by Gasteiger charge is -2.32. The lowest BCUT2D eigenvalue weighted by Crippen LogP contribution is -2.43. The van der Waals surface area contributed by atoms with E-state index in [1.807, 2.05) is 0 Å². The lowest BCUT2D eigenvalue weighted by atomic mass is 9.97. The second kappa shape index (κ2) is 3.45. The van der Waals surface area contributed by atoms with Crippen molar-refractivity contribution in [3.63, 3.8) is 0 Å². The summed E-state index contributed by atoms with van der Waals surface area (Å²) in [6.45, 7) is 0.915. The molecule has 0 aromatic carbocycles. The molecule has 1 heterocycles. The Bertz CT molecular complexity index is 122. The van der Waals surface area contributed by atoms with Gasteiger partial charge in [0.05, 0.1) is 6.10 Å². The Morgan fingerprint density at radius 3 is 2.55 bits per heavy atom. The van der Waals surface area contributed by atoms with Gasteiger partial charge in [0.1, 0.15) is 0 Å². The van der Waals surface area contributed by atoms with Crippen molar-refractivity contribution in [1.29, 1.82) is 0 Å². The number of alkyl halides is 2. The Balaban J connectivity index is 2.43. The minimum atomic E-state index is -2.30. The highest BCUT2D eigenvalue weighted by Crippen LogP contribution is 2.21. The molecule has 0 amide bonds. The molecule has 0 saturated carbocycles. The quantitative estimate of drug-likeness (QED) is 0.613. The Kier molecular flexibility index (Phi) is 2.78. The highest BCUT2D eigenvalue weighted by atomic mass is 19.3. The fourth-order valence-electron chi connectivity index (χ4n) is 1.52. The number of rotatable bonds is 1. The number of aliphatic hydroxyl groups excluding tert-OH is 1. The molecule has 2 atom stereocenters. The highest BCUT2D eigenvalue weighted by Gasteiger charge is 2.29. The number of likely N-dealkylation sites (N-methyl/N-ethyl adjacent to an activating group) is 1. The largest absolute Gasteiger partial charge is 0.392 e. The van der Waals surface area contributed by atoms with Gasteiger partial charge in [-0.3, -0.25) is 0 Å². The van der Waals surface area contributed by atoms with Gasteiger partial charge in [0.25, 0.3) is 0 Å². The van der Waals surface area contributed by atoms with Crippen LogP contribution in [-0.4, -0.2) is 42.7 Å². The van der Waals surface area contributed by atoms with E-state index in [2.05, 4.69) is 0 Å². The van der Waals surface area contributed by atoms with Crippen LogP contribution in [0.3, 0.4) is 0 Å². The second-order valence-corrected chi connectivity index (χ2v) is 3.21. The second-order valence-electron chi connectivity index (χ2n) is 3.21. The van der Waals surface area contributed by atoms with E-state index in [-0.39, 0.29) is 6.42 Å². The first-order valence-corrected chi connectivity index (χ1v) is 3.74.